The van der Waals surface area contributed by atoms with Crippen LogP contribution in [0, 0.1) is 5.82 Å². The molecule has 1 aromatic rings. The van der Waals surface area contributed by atoms with Crippen molar-refractivity contribution >= 4 is 0 Å². The predicted molar refractivity (Wildman–Crippen MR) is 77.9 cm³/mol. The number of halogens is 1. The molecular weight excluding hydrogens is 241 g/mol. The van der Waals surface area contributed by atoms with E-state index in [4.69, 9.17) is 10.5 Å². The van der Waals surface area contributed by atoms with Crippen LogP contribution >= 0.6 is 0 Å². The van der Waals surface area contributed by atoms with E-state index in [2.05, 4.69) is 13.8 Å². The molecule has 108 valence electrons. The minimum atomic E-state index is -0.268. The molecule has 0 aliphatic rings. The third-order valence-electron chi connectivity index (χ3n) is 3.25. The Morgan fingerprint density at radius 2 is 1.95 bits per heavy atom. The van der Waals surface area contributed by atoms with Gasteiger partial charge in [-0.1, -0.05) is 26.2 Å². The Hall–Kier alpha value is -1.09. The van der Waals surface area contributed by atoms with Crippen molar-refractivity contribution in [1.82, 2.24) is 0 Å². The summed E-state index contributed by atoms with van der Waals surface area (Å²) >= 11 is 0. The molecule has 0 fully saturated rings. The van der Waals surface area contributed by atoms with Crippen molar-refractivity contribution in [3.05, 3.63) is 29.6 Å². The summed E-state index contributed by atoms with van der Waals surface area (Å²) in [6, 6.07) is 4.34. The van der Waals surface area contributed by atoms with Crippen LogP contribution in [0.3, 0.4) is 0 Å². The van der Waals surface area contributed by atoms with Gasteiger partial charge in [0.1, 0.15) is 11.6 Å². The maximum absolute atomic E-state index is 13.2. The molecule has 3 heteroatoms. The van der Waals surface area contributed by atoms with E-state index in [-0.39, 0.29) is 18.0 Å². The van der Waals surface area contributed by atoms with E-state index in [1.807, 2.05) is 6.92 Å². The first kappa shape index (κ1) is 16.0. The summed E-state index contributed by atoms with van der Waals surface area (Å²) < 4.78 is 19.1. The van der Waals surface area contributed by atoms with Gasteiger partial charge in [-0.2, -0.15) is 0 Å². The fraction of sp³-hybridized carbons (Fsp3) is 0.625. The standard InChI is InChI=1S/C16H26FNO/c1-4-5-6-7-8-12(2)19-16-10-9-14(17)11-15(16)13(3)18/h9-13H,4-8,18H2,1-3H3/t12?,13-/m1/s1. The van der Waals surface area contributed by atoms with Gasteiger partial charge in [-0.3, -0.25) is 0 Å². The fourth-order valence-corrected chi connectivity index (χ4v) is 2.12. The lowest BCUT2D eigenvalue weighted by atomic mass is 10.1. The number of benzene rings is 1. The van der Waals surface area contributed by atoms with E-state index < -0.39 is 0 Å². The number of hydrogen-bond donors (Lipinski definition) is 1. The molecule has 1 unspecified atom stereocenters. The van der Waals surface area contributed by atoms with Crippen molar-refractivity contribution in [3.63, 3.8) is 0 Å². The Morgan fingerprint density at radius 1 is 1.21 bits per heavy atom. The maximum atomic E-state index is 13.2. The molecule has 0 amide bonds. The first-order valence-electron chi connectivity index (χ1n) is 7.26. The molecule has 0 aliphatic carbocycles. The summed E-state index contributed by atoms with van der Waals surface area (Å²) in [4.78, 5) is 0. The van der Waals surface area contributed by atoms with Crippen molar-refractivity contribution in [1.29, 1.82) is 0 Å². The van der Waals surface area contributed by atoms with Gasteiger partial charge in [0.25, 0.3) is 0 Å². The minimum absolute atomic E-state index is 0.139. The first-order valence-corrected chi connectivity index (χ1v) is 7.26. The highest BCUT2D eigenvalue weighted by atomic mass is 19.1. The van der Waals surface area contributed by atoms with Crippen LogP contribution < -0.4 is 10.5 Å². The molecule has 0 heterocycles. The number of ether oxygens (including phenoxy) is 1. The van der Waals surface area contributed by atoms with Gasteiger partial charge in [0.2, 0.25) is 0 Å². The average molecular weight is 267 g/mol. The van der Waals surface area contributed by atoms with Gasteiger partial charge in [-0.15, -0.1) is 0 Å². The van der Waals surface area contributed by atoms with Gasteiger partial charge >= 0.3 is 0 Å². The molecule has 1 aromatic carbocycles. The zero-order chi connectivity index (χ0) is 14.3. The predicted octanol–water partition coefficient (Wildman–Crippen LogP) is 4.58. The van der Waals surface area contributed by atoms with Gasteiger partial charge in [-0.05, 0) is 44.9 Å². The molecule has 2 N–H and O–H groups in total. The first-order chi connectivity index (χ1) is 9.04. The van der Waals surface area contributed by atoms with E-state index >= 15 is 0 Å². The second kappa shape index (κ2) is 8.16. The highest BCUT2D eigenvalue weighted by Crippen LogP contribution is 2.26. The molecule has 1 rings (SSSR count). The second-order valence-corrected chi connectivity index (χ2v) is 5.25. The Bertz CT molecular complexity index is 379. The summed E-state index contributed by atoms with van der Waals surface area (Å²) in [5.41, 5.74) is 6.59. The lowest BCUT2D eigenvalue weighted by molar-refractivity contribution is 0.203. The Balaban J connectivity index is 2.56. The lowest BCUT2D eigenvalue weighted by Crippen LogP contribution is -2.15. The van der Waals surface area contributed by atoms with Crippen LogP contribution in [-0.4, -0.2) is 6.10 Å². The van der Waals surface area contributed by atoms with Crippen LogP contribution in [0.4, 0.5) is 4.39 Å². The van der Waals surface area contributed by atoms with E-state index in [1.54, 1.807) is 6.07 Å². The third-order valence-corrected chi connectivity index (χ3v) is 3.25. The van der Waals surface area contributed by atoms with Crippen molar-refractivity contribution in [2.24, 2.45) is 5.73 Å². The number of rotatable bonds is 8. The van der Waals surface area contributed by atoms with Crippen molar-refractivity contribution < 1.29 is 9.13 Å². The average Bonchev–Trinajstić information content (AvgIpc) is 2.36. The van der Waals surface area contributed by atoms with Gasteiger partial charge in [0, 0.05) is 11.6 Å². The normalized spacial score (nSPS) is 14.2. The van der Waals surface area contributed by atoms with E-state index in [9.17, 15) is 4.39 Å². The fourth-order valence-electron chi connectivity index (χ4n) is 2.12. The molecule has 2 atom stereocenters. The molecule has 0 saturated carbocycles. The smallest absolute Gasteiger partial charge is 0.124 e. The zero-order valence-corrected chi connectivity index (χ0v) is 12.3. The van der Waals surface area contributed by atoms with E-state index in [1.165, 1.54) is 37.8 Å². The quantitative estimate of drug-likeness (QED) is 0.699. The summed E-state index contributed by atoms with van der Waals surface area (Å²) in [7, 11) is 0. The van der Waals surface area contributed by atoms with Crippen molar-refractivity contribution in [2.75, 3.05) is 0 Å². The Labute approximate surface area is 116 Å². The Morgan fingerprint density at radius 3 is 2.58 bits per heavy atom. The van der Waals surface area contributed by atoms with E-state index in [0.717, 1.165) is 12.0 Å². The lowest BCUT2D eigenvalue weighted by Gasteiger charge is -2.19. The monoisotopic (exact) mass is 267 g/mol. The highest BCUT2D eigenvalue weighted by molar-refractivity contribution is 5.36. The molecule has 0 bridgehead atoms. The van der Waals surface area contributed by atoms with Gasteiger partial charge in [-0.25, -0.2) is 4.39 Å². The van der Waals surface area contributed by atoms with Gasteiger partial charge in [0.05, 0.1) is 6.10 Å². The van der Waals surface area contributed by atoms with Crippen LogP contribution in [-0.2, 0) is 0 Å². The molecule has 19 heavy (non-hydrogen) atoms. The topological polar surface area (TPSA) is 35.2 Å². The summed E-state index contributed by atoms with van der Waals surface area (Å²) in [6.45, 7) is 6.10. The molecule has 0 aromatic heterocycles. The number of unbranched alkanes of at least 4 members (excludes halogenated alkanes) is 3. The summed E-state index contributed by atoms with van der Waals surface area (Å²) in [5, 5.41) is 0. The second-order valence-electron chi connectivity index (χ2n) is 5.25. The zero-order valence-electron chi connectivity index (χ0n) is 12.3. The van der Waals surface area contributed by atoms with Crippen LogP contribution in [0.25, 0.3) is 0 Å². The third kappa shape index (κ3) is 5.60. The summed E-state index contributed by atoms with van der Waals surface area (Å²) in [6.07, 6.45) is 6.09. The molecule has 0 aliphatic heterocycles. The SMILES string of the molecule is CCCCCCC(C)Oc1ccc(F)cc1[C@@H](C)N. The molecular formula is C16H26FNO. The largest absolute Gasteiger partial charge is 0.490 e. The van der Waals surface area contributed by atoms with Crippen LogP contribution in [0.5, 0.6) is 5.75 Å². The van der Waals surface area contributed by atoms with Gasteiger partial charge in [0.15, 0.2) is 0 Å². The Kier molecular flexibility index (Phi) is 6.85. The van der Waals surface area contributed by atoms with Gasteiger partial charge < -0.3 is 10.5 Å². The van der Waals surface area contributed by atoms with Crippen LogP contribution in [0.1, 0.15) is 64.5 Å². The van der Waals surface area contributed by atoms with E-state index in [0.29, 0.717) is 5.75 Å². The number of hydrogen-bond acceptors (Lipinski definition) is 2. The minimum Gasteiger partial charge on any atom is -0.490 e. The highest BCUT2D eigenvalue weighted by Gasteiger charge is 2.12. The maximum Gasteiger partial charge on any atom is 0.124 e. The number of nitrogens with two attached hydrogens (primary N) is 1. The van der Waals surface area contributed by atoms with Crippen LogP contribution in [0.15, 0.2) is 18.2 Å². The molecule has 0 saturated heterocycles. The van der Waals surface area contributed by atoms with Crippen molar-refractivity contribution in [2.45, 2.75) is 65.0 Å². The molecule has 0 radical (unpaired) electrons. The van der Waals surface area contributed by atoms with Crippen molar-refractivity contribution in [3.8, 4) is 5.75 Å². The summed E-state index contributed by atoms with van der Waals surface area (Å²) in [5.74, 6) is 0.439. The molecule has 2 nitrogen and oxygen atoms in total. The van der Waals surface area contributed by atoms with Crippen LogP contribution in [0.2, 0.25) is 0 Å². The molecule has 0 spiro atoms.